The van der Waals surface area contributed by atoms with E-state index in [0.717, 1.165) is 13.0 Å². The second-order valence-electron chi connectivity index (χ2n) is 0.993. The highest BCUT2D eigenvalue weighted by Gasteiger charge is 1.55. The highest BCUT2D eigenvalue weighted by Crippen LogP contribution is 1.57. The highest BCUT2D eigenvalue weighted by atomic mass is 32.2. The minimum Gasteiger partial charge on any atom is -0.330 e. The van der Waals surface area contributed by atoms with Crippen LogP contribution in [-0.4, -0.2) is 19.2 Å². The topological polar surface area (TPSA) is 77.2 Å². The van der Waals surface area contributed by atoms with E-state index in [-0.39, 0.29) is 0 Å². The van der Waals surface area contributed by atoms with Gasteiger partial charge in [-0.25, -0.2) is 0 Å². The predicted molar refractivity (Wildman–Crippen MR) is 29.0 cm³/mol. The van der Waals surface area contributed by atoms with Crippen molar-refractivity contribution in [2.75, 3.05) is 6.54 Å². The van der Waals surface area contributed by atoms with Gasteiger partial charge in [0.25, 0.3) is 0 Å². The van der Waals surface area contributed by atoms with Gasteiger partial charge in [-0.15, -0.1) is 12.6 Å². The summed E-state index contributed by atoms with van der Waals surface area (Å²) < 4.78 is 25.3. The van der Waals surface area contributed by atoms with E-state index in [2.05, 4.69) is 6.92 Å². The Kier molecular flexibility index (Phi) is 12.9. The molecule has 0 aromatic carbocycles. The first-order valence-electron chi connectivity index (χ1n) is 2.12. The fourth-order valence-electron chi connectivity index (χ4n) is 0. The molecular weight excluding hydrogens is 130 g/mol. The zero-order valence-electron chi connectivity index (χ0n) is 4.62. The maximum absolute atomic E-state index is 8.44. The van der Waals surface area contributed by atoms with Crippen LogP contribution in [0.15, 0.2) is 0 Å². The maximum atomic E-state index is 8.44. The average molecular weight is 139 g/mol. The SMILES string of the molecule is CCCN.O=S(=O)=O. The molecule has 50 valence electrons. The first kappa shape index (κ1) is 10.5. The first-order valence-corrected chi connectivity index (χ1v) is 3.12. The molecule has 0 rings (SSSR count). The van der Waals surface area contributed by atoms with Crippen LogP contribution in [0.3, 0.4) is 0 Å². The van der Waals surface area contributed by atoms with Gasteiger partial charge in [-0.1, -0.05) is 6.92 Å². The van der Waals surface area contributed by atoms with Gasteiger partial charge in [-0.2, -0.15) is 0 Å². The van der Waals surface area contributed by atoms with E-state index in [1.54, 1.807) is 0 Å². The normalized spacial score (nSPS) is 6.75. The minimum atomic E-state index is -3.11. The minimum absolute atomic E-state index is 0.819. The van der Waals surface area contributed by atoms with Gasteiger partial charge in [-0.05, 0) is 13.0 Å². The lowest BCUT2D eigenvalue weighted by Gasteiger charge is -1.70. The molecule has 0 radical (unpaired) electrons. The zero-order valence-corrected chi connectivity index (χ0v) is 5.44. The lowest BCUT2D eigenvalue weighted by atomic mass is 10.5. The van der Waals surface area contributed by atoms with Crippen LogP contribution in [0.5, 0.6) is 0 Å². The molecule has 5 heteroatoms. The molecule has 4 nitrogen and oxygen atoms in total. The lowest BCUT2D eigenvalue weighted by Crippen LogP contribution is -1.93. The Morgan fingerprint density at radius 1 is 1.38 bits per heavy atom. The largest absolute Gasteiger partial charge is 0.425 e. The van der Waals surface area contributed by atoms with Crippen LogP contribution in [0, 0.1) is 0 Å². The molecular formula is C3H9NO3S. The van der Waals surface area contributed by atoms with Crippen molar-refractivity contribution in [3.8, 4) is 0 Å². The van der Waals surface area contributed by atoms with E-state index in [1.807, 2.05) is 0 Å². The van der Waals surface area contributed by atoms with Crippen molar-refractivity contribution >= 4 is 10.6 Å². The summed E-state index contributed by atoms with van der Waals surface area (Å²) in [7, 11) is -3.11. The molecule has 0 bridgehead atoms. The molecule has 0 saturated carbocycles. The molecule has 0 aromatic heterocycles. The summed E-state index contributed by atoms with van der Waals surface area (Å²) in [5, 5.41) is 0. The van der Waals surface area contributed by atoms with Gasteiger partial charge in [0.15, 0.2) is 0 Å². The van der Waals surface area contributed by atoms with Crippen LogP contribution >= 0.6 is 0 Å². The van der Waals surface area contributed by atoms with Crippen molar-refractivity contribution in [1.82, 2.24) is 0 Å². The molecule has 0 aliphatic heterocycles. The number of hydrogen-bond donors (Lipinski definition) is 1. The molecule has 0 fully saturated rings. The Hall–Kier alpha value is -0.420. The van der Waals surface area contributed by atoms with E-state index in [1.165, 1.54) is 0 Å². The summed E-state index contributed by atoms with van der Waals surface area (Å²) in [6.07, 6.45) is 1.10. The fourth-order valence-corrected chi connectivity index (χ4v) is 0. The third-order valence-corrected chi connectivity index (χ3v) is 0.289. The summed E-state index contributed by atoms with van der Waals surface area (Å²) in [5.41, 5.74) is 5.03. The fraction of sp³-hybridized carbons (Fsp3) is 1.00. The summed E-state index contributed by atoms with van der Waals surface area (Å²) in [4.78, 5) is 0. The third-order valence-electron chi connectivity index (χ3n) is 0.289. The molecule has 0 atom stereocenters. The van der Waals surface area contributed by atoms with Gasteiger partial charge in [0.05, 0.1) is 0 Å². The summed E-state index contributed by atoms with van der Waals surface area (Å²) in [5.74, 6) is 0. The van der Waals surface area contributed by atoms with Crippen LogP contribution in [0.1, 0.15) is 13.3 Å². The highest BCUT2D eigenvalue weighted by molar-refractivity contribution is 7.59. The van der Waals surface area contributed by atoms with E-state index in [0.29, 0.717) is 0 Å². The van der Waals surface area contributed by atoms with Crippen molar-refractivity contribution in [2.24, 2.45) is 5.73 Å². The molecule has 2 N–H and O–H groups in total. The Morgan fingerprint density at radius 2 is 1.50 bits per heavy atom. The standard InChI is InChI=1S/C3H9N.O3S/c1-2-3-4;1-4(2)3/h2-4H2,1H3;. The second kappa shape index (κ2) is 9.77. The Balaban J connectivity index is 0. The van der Waals surface area contributed by atoms with Crippen LogP contribution < -0.4 is 5.73 Å². The zero-order chi connectivity index (χ0) is 6.99. The van der Waals surface area contributed by atoms with Crippen molar-refractivity contribution in [1.29, 1.82) is 0 Å². The van der Waals surface area contributed by atoms with Gasteiger partial charge >= 0.3 is 10.6 Å². The van der Waals surface area contributed by atoms with Gasteiger partial charge in [-0.3, -0.25) is 0 Å². The van der Waals surface area contributed by atoms with E-state index >= 15 is 0 Å². The monoisotopic (exact) mass is 139 g/mol. The Morgan fingerprint density at radius 3 is 1.50 bits per heavy atom. The number of nitrogens with two attached hydrogens (primary N) is 1. The molecule has 0 amide bonds. The smallest absolute Gasteiger partial charge is 0.330 e. The maximum Gasteiger partial charge on any atom is 0.425 e. The Labute approximate surface area is 49.8 Å². The number of hydrogen-bond acceptors (Lipinski definition) is 4. The quantitative estimate of drug-likeness (QED) is 0.523. The van der Waals surface area contributed by atoms with Crippen molar-refractivity contribution in [3.05, 3.63) is 0 Å². The first-order chi connectivity index (χ1) is 3.65. The van der Waals surface area contributed by atoms with Crippen molar-refractivity contribution in [2.45, 2.75) is 13.3 Å². The molecule has 0 saturated heterocycles. The van der Waals surface area contributed by atoms with Crippen LogP contribution in [0.2, 0.25) is 0 Å². The molecule has 0 aliphatic rings. The average Bonchev–Trinajstić information content (AvgIpc) is 1.65. The van der Waals surface area contributed by atoms with Gasteiger partial charge < -0.3 is 5.73 Å². The second-order valence-corrected chi connectivity index (χ2v) is 1.40. The van der Waals surface area contributed by atoms with Gasteiger partial charge in [0, 0.05) is 0 Å². The molecule has 8 heavy (non-hydrogen) atoms. The van der Waals surface area contributed by atoms with E-state index in [4.69, 9.17) is 18.4 Å². The summed E-state index contributed by atoms with van der Waals surface area (Å²) in [6, 6.07) is 0. The van der Waals surface area contributed by atoms with Crippen LogP contribution in [0.25, 0.3) is 0 Å². The molecule has 0 aromatic rings. The summed E-state index contributed by atoms with van der Waals surface area (Å²) in [6.45, 7) is 2.88. The third kappa shape index (κ3) is 348. The Bertz CT molecular complexity index is 104. The van der Waals surface area contributed by atoms with E-state index in [9.17, 15) is 0 Å². The molecule has 0 unspecified atom stereocenters. The van der Waals surface area contributed by atoms with Gasteiger partial charge in [0.2, 0.25) is 0 Å². The molecule has 0 spiro atoms. The van der Waals surface area contributed by atoms with Crippen LogP contribution in [0.4, 0.5) is 0 Å². The lowest BCUT2D eigenvalue weighted by molar-refractivity contribution is 0.559. The van der Waals surface area contributed by atoms with Crippen molar-refractivity contribution in [3.63, 3.8) is 0 Å². The predicted octanol–water partition coefficient (Wildman–Crippen LogP) is -0.649. The summed E-state index contributed by atoms with van der Waals surface area (Å²) >= 11 is 0. The van der Waals surface area contributed by atoms with E-state index < -0.39 is 10.6 Å². The number of rotatable bonds is 1. The van der Waals surface area contributed by atoms with Crippen LogP contribution in [-0.2, 0) is 10.6 Å². The van der Waals surface area contributed by atoms with Crippen molar-refractivity contribution < 1.29 is 12.6 Å². The van der Waals surface area contributed by atoms with Gasteiger partial charge in [0.1, 0.15) is 0 Å². The molecule has 0 heterocycles. The molecule has 0 aliphatic carbocycles.